The maximum atomic E-state index is 11.0. The van der Waals surface area contributed by atoms with Crippen LogP contribution in [0.4, 0.5) is 17.2 Å². The summed E-state index contributed by atoms with van der Waals surface area (Å²) < 4.78 is 5.34. The van der Waals surface area contributed by atoms with Crippen LogP contribution in [0, 0.1) is 10.1 Å². The van der Waals surface area contributed by atoms with Gasteiger partial charge >= 0.3 is 5.69 Å². The van der Waals surface area contributed by atoms with Crippen LogP contribution in [0.25, 0.3) is 0 Å². The number of aromatic nitrogens is 1. The molecule has 0 bridgehead atoms. The van der Waals surface area contributed by atoms with Gasteiger partial charge in [0.1, 0.15) is 0 Å². The van der Waals surface area contributed by atoms with E-state index in [2.05, 4.69) is 15.2 Å². The van der Waals surface area contributed by atoms with Gasteiger partial charge in [-0.2, -0.15) is 0 Å². The fourth-order valence-corrected chi connectivity index (χ4v) is 2.49. The van der Waals surface area contributed by atoms with Crippen LogP contribution in [0.3, 0.4) is 0 Å². The van der Waals surface area contributed by atoms with Gasteiger partial charge in [0.25, 0.3) is 0 Å². The van der Waals surface area contributed by atoms with Crippen LogP contribution in [0.2, 0.25) is 0 Å². The van der Waals surface area contributed by atoms with Gasteiger partial charge in [-0.15, -0.1) is 0 Å². The third kappa shape index (κ3) is 4.02. The first-order valence-corrected chi connectivity index (χ1v) is 7.48. The summed E-state index contributed by atoms with van der Waals surface area (Å²) in [7, 11) is 0. The van der Waals surface area contributed by atoms with Crippen LogP contribution in [0.15, 0.2) is 42.6 Å². The summed E-state index contributed by atoms with van der Waals surface area (Å²) in [5, 5.41) is 14.0. The van der Waals surface area contributed by atoms with Crippen molar-refractivity contribution in [1.29, 1.82) is 0 Å². The van der Waals surface area contributed by atoms with Crippen LogP contribution in [0.1, 0.15) is 5.56 Å². The third-order valence-electron chi connectivity index (χ3n) is 3.71. The predicted molar refractivity (Wildman–Crippen MR) is 86.7 cm³/mol. The van der Waals surface area contributed by atoms with Gasteiger partial charge in [0.15, 0.2) is 0 Å². The highest BCUT2D eigenvalue weighted by atomic mass is 16.6. The van der Waals surface area contributed by atoms with Gasteiger partial charge in [-0.25, -0.2) is 4.98 Å². The lowest BCUT2D eigenvalue weighted by Gasteiger charge is -2.26. The molecule has 1 aliphatic heterocycles. The molecule has 0 spiro atoms. The van der Waals surface area contributed by atoms with Crippen molar-refractivity contribution in [3.05, 3.63) is 58.3 Å². The Hall–Kier alpha value is -2.51. The van der Waals surface area contributed by atoms with E-state index in [0.717, 1.165) is 38.5 Å². The maximum Gasteiger partial charge on any atom is 0.311 e. The van der Waals surface area contributed by atoms with Crippen LogP contribution in [-0.2, 0) is 11.3 Å². The Labute approximate surface area is 134 Å². The zero-order chi connectivity index (χ0) is 16.1. The Bertz CT molecular complexity index is 669. The van der Waals surface area contributed by atoms with E-state index in [1.807, 2.05) is 24.3 Å². The van der Waals surface area contributed by atoms with Crippen molar-refractivity contribution in [2.45, 2.75) is 6.54 Å². The Morgan fingerprint density at radius 2 is 1.96 bits per heavy atom. The highest BCUT2D eigenvalue weighted by Gasteiger charge is 2.14. The summed E-state index contributed by atoms with van der Waals surface area (Å²) in [6.45, 7) is 4.33. The summed E-state index contributed by atoms with van der Waals surface area (Å²) in [6, 6.07) is 10.8. The maximum absolute atomic E-state index is 11.0. The number of nitrogens with one attached hydrogen (secondary N) is 1. The number of morpholine rings is 1. The molecule has 1 N–H and O–H groups in total. The molecule has 0 aliphatic carbocycles. The van der Waals surface area contributed by atoms with Crippen molar-refractivity contribution in [3.63, 3.8) is 0 Å². The number of nitrogens with zero attached hydrogens (tertiary/aromatic N) is 3. The summed E-state index contributed by atoms with van der Waals surface area (Å²) in [6.07, 6.45) is 1.53. The van der Waals surface area contributed by atoms with Crippen molar-refractivity contribution < 1.29 is 9.66 Å². The minimum atomic E-state index is -0.442. The molecular weight excluding hydrogens is 296 g/mol. The van der Waals surface area contributed by atoms with E-state index in [4.69, 9.17) is 4.74 Å². The molecule has 1 aliphatic rings. The lowest BCUT2D eigenvalue weighted by Crippen LogP contribution is -2.35. The first kappa shape index (κ1) is 15.4. The Kier molecular flexibility index (Phi) is 4.80. The molecule has 120 valence electrons. The highest BCUT2D eigenvalue weighted by Crippen LogP contribution is 2.24. The van der Waals surface area contributed by atoms with Gasteiger partial charge in [0, 0.05) is 37.6 Å². The smallest absolute Gasteiger partial charge is 0.311 e. The first-order chi connectivity index (χ1) is 11.2. The molecule has 23 heavy (non-hydrogen) atoms. The zero-order valence-corrected chi connectivity index (χ0v) is 12.6. The number of pyridine rings is 1. The second kappa shape index (κ2) is 7.17. The van der Waals surface area contributed by atoms with E-state index < -0.39 is 4.92 Å². The summed E-state index contributed by atoms with van der Waals surface area (Å²) >= 11 is 0. The van der Waals surface area contributed by atoms with Crippen LogP contribution in [-0.4, -0.2) is 41.1 Å². The quantitative estimate of drug-likeness (QED) is 0.675. The number of hydrogen-bond acceptors (Lipinski definition) is 6. The molecule has 0 unspecified atom stereocenters. The number of hydrogen-bond donors (Lipinski definition) is 1. The average molecular weight is 314 g/mol. The molecular formula is C16H18N4O3. The monoisotopic (exact) mass is 314 g/mol. The minimum Gasteiger partial charge on any atom is -0.379 e. The summed E-state index contributed by atoms with van der Waals surface area (Å²) in [5.74, 6) is 0.249. The Morgan fingerprint density at radius 3 is 2.65 bits per heavy atom. The average Bonchev–Trinajstić information content (AvgIpc) is 2.58. The number of rotatable bonds is 5. The van der Waals surface area contributed by atoms with E-state index in [1.165, 1.54) is 17.8 Å². The largest absolute Gasteiger partial charge is 0.379 e. The molecule has 0 amide bonds. The minimum absolute atomic E-state index is 0.0371. The van der Waals surface area contributed by atoms with Gasteiger partial charge in [-0.3, -0.25) is 15.0 Å². The van der Waals surface area contributed by atoms with Crippen molar-refractivity contribution in [2.75, 3.05) is 31.6 Å². The molecule has 7 nitrogen and oxygen atoms in total. The zero-order valence-electron chi connectivity index (χ0n) is 12.6. The normalized spacial score (nSPS) is 15.3. The molecule has 1 aromatic heterocycles. The van der Waals surface area contributed by atoms with Crippen molar-refractivity contribution >= 4 is 17.2 Å². The molecule has 0 atom stereocenters. The molecule has 2 aromatic rings. The van der Waals surface area contributed by atoms with Crippen molar-refractivity contribution in [3.8, 4) is 0 Å². The molecule has 1 fully saturated rings. The molecule has 7 heteroatoms. The molecule has 2 heterocycles. The van der Waals surface area contributed by atoms with Gasteiger partial charge in [0.2, 0.25) is 5.82 Å². The SMILES string of the molecule is O=[N+]([O-])c1cccnc1Nc1ccc(CN2CCOCC2)cc1. The van der Waals surface area contributed by atoms with Gasteiger partial charge in [0.05, 0.1) is 18.1 Å². The van der Waals surface area contributed by atoms with Gasteiger partial charge in [-0.05, 0) is 23.8 Å². The van der Waals surface area contributed by atoms with E-state index in [-0.39, 0.29) is 11.5 Å². The molecule has 1 saturated heterocycles. The van der Waals surface area contributed by atoms with Crippen LogP contribution >= 0.6 is 0 Å². The fraction of sp³-hybridized carbons (Fsp3) is 0.312. The Balaban J connectivity index is 1.67. The summed E-state index contributed by atoms with van der Waals surface area (Å²) in [4.78, 5) is 16.9. The molecule has 1 aromatic carbocycles. The first-order valence-electron chi connectivity index (χ1n) is 7.48. The number of benzene rings is 1. The lowest BCUT2D eigenvalue weighted by atomic mass is 10.2. The Morgan fingerprint density at radius 1 is 1.22 bits per heavy atom. The predicted octanol–water partition coefficient (Wildman–Crippen LogP) is 2.57. The van der Waals surface area contributed by atoms with E-state index in [9.17, 15) is 10.1 Å². The van der Waals surface area contributed by atoms with Gasteiger partial charge < -0.3 is 10.1 Å². The standard InChI is InChI=1S/C16H18N4O3/c21-20(22)15-2-1-7-17-16(15)18-14-5-3-13(4-6-14)12-19-8-10-23-11-9-19/h1-7H,8-12H2,(H,17,18). The second-order valence-electron chi connectivity index (χ2n) is 5.34. The number of ether oxygens (including phenoxy) is 1. The third-order valence-corrected chi connectivity index (χ3v) is 3.71. The second-order valence-corrected chi connectivity index (χ2v) is 5.34. The van der Waals surface area contributed by atoms with Gasteiger partial charge in [-0.1, -0.05) is 12.1 Å². The molecule has 0 saturated carbocycles. The lowest BCUT2D eigenvalue weighted by molar-refractivity contribution is -0.384. The molecule has 3 rings (SSSR count). The fourth-order valence-electron chi connectivity index (χ4n) is 2.49. The van der Waals surface area contributed by atoms with E-state index in [0.29, 0.717) is 0 Å². The highest BCUT2D eigenvalue weighted by molar-refractivity contribution is 5.65. The molecule has 0 radical (unpaired) electrons. The van der Waals surface area contributed by atoms with Crippen LogP contribution in [0.5, 0.6) is 0 Å². The van der Waals surface area contributed by atoms with Crippen molar-refractivity contribution in [2.24, 2.45) is 0 Å². The van der Waals surface area contributed by atoms with E-state index in [1.54, 1.807) is 6.07 Å². The number of nitro groups is 1. The van der Waals surface area contributed by atoms with Crippen molar-refractivity contribution in [1.82, 2.24) is 9.88 Å². The van der Waals surface area contributed by atoms with Crippen LogP contribution < -0.4 is 5.32 Å². The number of anilines is 2. The van der Waals surface area contributed by atoms with E-state index >= 15 is 0 Å². The summed E-state index contributed by atoms with van der Waals surface area (Å²) in [5.41, 5.74) is 1.94. The topological polar surface area (TPSA) is 80.5 Å².